The van der Waals surface area contributed by atoms with Crippen LogP contribution in [0.15, 0.2) is 28.7 Å². The third kappa shape index (κ3) is 3.30. The summed E-state index contributed by atoms with van der Waals surface area (Å²) in [4.78, 5) is 16.4. The molecule has 1 aromatic carbocycles. The molecular formula is C17H21NO4. The Bertz CT molecular complexity index is 650. The van der Waals surface area contributed by atoms with Gasteiger partial charge in [-0.3, -0.25) is 0 Å². The predicted molar refractivity (Wildman–Crippen MR) is 83.1 cm³/mol. The normalized spacial score (nSPS) is 11.3. The summed E-state index contributed by atoms with van der Waals surface area (Å²) in [5, 5.41) is 0. The standard InChI is InChI=1S/C17H21NO4/c1-6-21-16(19)13-14(17(2,3)4)22-15(18-13)11-7-9-12(20-5)10-8-11/h7-10H,6H2,1-5H3. The molecule has 0 fully saturated rings. The monoisotopic (exact) mass is 303 g/mol. The van der Waals surface area contributed by atoms with Crippen LogP contribution in [-0.4, -0.2) is 24.7 Å². The Morgan fingerprint density at radius 1 is 1.23 bits per heavy atom. The average molecular weight is 303 g/mol. The van der Waals surface area contributed by atoms with E-state index in [1.807, 2.05) is 45.0 Å². The molecule has 5 nitrogen and oxygen atoms in total. The maximum absolute atomic E-state index is 12.1. The van der Waals surface area contributed by atoms with E-state index in [1.165, 1.54) is 0 Å². The molecule has 0 unspecified atom stereocenters. The number of ether oxygens (including phenoxy) is 2. The van der Waals surface area contributed by atoms with Gasteiger partial charge in [-0.25, -0.2) is 9.78 Å². The fraction of sp³-hybridized carbons (Fsp3) is 0.412. The van der Waals surface area contributed by atoms with Crippen molar-refractivity contribution in [1.82, 2.24) is 4.98 Å². The number of aromatic nitrogens is 1. The van der Waals surface area contributed by atoms with Gasteiger partial charge in [0.25, 0.3) is 0 Å². The highest BCUT2D eigenvalue weighted by Gasteiger charge is 2.30. The Balaban J connectivity index is 2.47. The summed E-state index contributed by atoms with van der Waals surface area (Å²) in [7, 11) is 1.61. The van der Waals surface area contributed by atoms with Crippen LogP contribution in [-0.2, 0) is 10.2 Å². The van der Waals surface area contributed by atoms with Crippen molar-refractivity contribution in [1.29, 1.82) is 0 Å². The lowest BCUT2D eigenvalue weighted by molar-refractivity contribution is 0.0515. The first-order valence-electron chi connectivity index (χ1n) is 7.19. The van der Waals surface area contributed by atoms with Crippen LogP contribution in [0.2, 0.25) is 0 Å². The molecule has 0 saturated carbocycles. The Hall–Kier alpha value is -2.30. The molecule has 118 valence electrons. The molecule has 1 heterocycles. The Morgan fingerprint density at radius 3 is 2.36 bits per heavy atom. The summed E-state index contributed by atoms with van der Waals surface area (Å²) in [6, 6.07) is 7.32. The summed E-state index contributed by atoms with van der Waals surface area (Å²) in [5.74, 6) is 1.21. The molecule has 2 aromatic rings. The maximum atomic E-state index is 12.1. The fourth-order valence-electron chi connectivity index (χ4n) is 2.02. The zero-order chi connectivity index (χ0) is 16.3. The summed E-state index contributed by atoms with van der Waals surface area (Å²) in [6.45, 7) is 7.96. The first-order valence-corrected chi connectivity index (χ1v) is 7.19. The van der Waals surface area contributed by atoms with Crippen LogP contribution in [0, 0.1) is 0 Å². The highest BCUT2D eigenvalue weighted by molar-refractivity contribution is 5.89. The van der Waals surface area contributed by atoms with E-state index in [0.29, 0.717) is 18.3 Å². The molecule has 0 atom stereocenters. The second kappa shape index (κ2) is 6.22. The Labute approximate surface area is 130 Å². The minimum absolute atomic E-state index is 0.236. The maximum Gasteiger partial charge on any atom is 0.360 e. The van der Waals surface area contributed by atoms with Gasteiger partial charge < -0.3 is 13.9 Å². The number of nitrogens with zero attached hydrogens (tertiary/aromatic N) is 1. The molecular weight excluding hydrogens is 282 g/mol. The minimum atomic E-state index is -0.462. The number of carbonyl (C=O) groups is 1. The van der Waals surface area contributed by atoms with Gasteiger partial charge in [0.15, 0.2) is 5.69 Å². The van der Waals surface area contributed by atoms with Gasteiger partial charge in [-0.05, 0) is 31.2 Å². The van der Waals surface area contributed by atoms with E-state index in [0.717, 1.165) is 11.3 Å². The van der Waals surface area contributed by atoms with Crippen LogP contribution in [0.1, 0.15) is 43.9 Å². The van der Waals surface area contributed by atoms with E-state index in [4.69, 9.17) is 13.9 Å². The number of oxazole rings is 1. The van der Waals surface area contributed by atoms with Crippen molar-refractivity contribution in [3.8, 4) is 17.2 Å². The highest BCUT2D eigenvalue weighted by atomic mass is 16.5. The van der Waals surface area contributed by atoms with Gasteiger partial charge in [0.2, 0.25) is 5.89 Å². The van der Waals surface area contributed by atoms with Crippen LogP contribution in [0.5, 0.6) is 5.75 Å². The van der Waals surface area contributed by atoms with Gasteiger partial charge in [0.1, 0.15) is 11.5 Å². The summed E-state index contributed by atoms with van der Waals surface area (Å²) >= 11 is 0. The van der Waals surface area contributed by atoms with Crippen LogP contribution in [0.3, 0.4) is 0 Å². The number of hydrogen-bond donors (Lipinski definition) is 0. The van der Waals surface area contributed by atoms with Crippen molar-refractivity contribution in [3.63, 3.8) is 0 Å². The van der Waals surface area contributed by atoms with Crippen molar-refractivity contribution in [2.45, 2.75) is 33.1 Å². The molecule has 0 N–H and O–H groups in total. The lowest BCUT2D eigenvalue weighted by Gasteiger charge is -2.15. The molecule has 0 bridgehead atoms. The predicted octanol–water partition coefficient (Wildman–Crippen LogP) is 3.82. The highest BCUT2D eigenvalue weighted by Crippen LogP contribution is 2.31. The third-order valence-electron chi connectivity index (χ3n) is 3.11. The molecule has 0 aliphatic heterocycles. The third-order valence-corrected chi connectivity index (χ3v) is 3.11. The number of hydrogen-bond acceptors (Lipinski definition) is 5. The molecule has 22 heavy (non-hydrogen) atoms. The molecule has 0 amide bonds. The number of rotatable bonds is 4. The van der Waals surface area contributed by atoms with E-state index in [9.17, 15) is 4.79 Å². The number of benzene rings is 1. The van der Waals surface area contributed by atoms with Gasteiger partial charge in [-0.15, -0.1) is 0 Å². The van der Waals surface area contributed by atoms with Crippen molar-refractivity contribution < 1.29 is 18.7 Å². The number of methoxy groups -OCH3 is 1. The van der Waals surface area contributed by atoms with E-state index in [1.54, 1.807) is 14.0 Å². The van der Waals surface area contributed by atoms with Crippen LogP contribution >= 0.6 is 0 Å². The Kier molecular flexibility index (Phi) is 4.54. The summed E-state index contributed by atoms with van der Waals surface area (Å²) < 4.78 is 16.1. The van der Waals surface area contributed by atoms with Crippen LogP contribution in [0.25, 0.3) is 11.5 Å². The van der Waals surface area contributed by atoms with Gasteiger partial charge in [0.05, 0.1) is 13.7 Å². The van der Waals surface area contributed by atoms with Crippen molar-refractivity contribution in [3.05, 3.63) is 35.7 Å². The quantitative estimate of drug-likeness (QED) is 0.803. The zero-order valence-electron chi connectivity index (χ0n) is 13.6. The zero-order valence-corrected chi connectivity index (χ0v) is 13.6. The molecule has 0 saturated heterocycles. The van der Waals surface area contributed by atoms with Crippen LogP contribution < -0.4 is 4.74 Å². The average Bonchev–Trinajstić information content (AvgIpc) is 2.93. The topological polar surface area (TPSA) is 61.6 Å². The second-order valence-electron chi connectivity index (χ2n) is 5.90. The van der Waals surface area contributed by atoms with Gasteiger partial charge in [-0.2, -0.15) is 0 Å². The van der Waals surface area contributed by atoms with E-state index in [2.05, 4.69) is 4.98 Å². The first kappa shape index (κ1) is 16.1. The fourth-order valence-corrected chi connectivity index (χ4v) is 2.02. The smallest absolute Gasteiger partial charge is 0.360 e. The van der Waals surface area contributed by atoms with Gasteiger partial charge in [0, 0.05) is 11.0 Å². The first-order chi connectivity index (χ1) is 10.4. The SMILES string of the molecule is CCOC(=O)c1nc(-c2ccc(OC)cc2)oc1C(C)(C)C. The number of esters is 1. The van der Waals surface area contributed by atoms with Gasteiger partial charge >= 0.3 is 5.97 Å². The molecule has 1 aromatic heterocycles. The van der Waals surface area contributed by atoms with Gasteiger partial charge in [-0.1, -0.05) is 20.8 Å². The molecule has 0 radical (unpaired) electrons. The molecule has 5 heteroatoms. The van der Waals surface area contributed by atoms with Crippen molar-refractivity contribution in [2.75, 3.05) is 13.7 Å². The largest absolute Gasteiger partial charge is 0.497 e. The molecule has 0 aliphatic rings. The lowest BCUT2D eigenvalue weighted by atomic mass is 9.92. The Morgan fingerprint density at radius 2 is 1.86 bits per heavy atom. The lowest BCUT2D eigenvalue weighted by Crippen LogP contribution is -2.17. The van der Waals surface area contributed by atoms with E-state index < -0.39 is 5.97 Å². The molecule has 2 rings (SSSR count). The number of carbonyl (C=O) groups excluding carboxylic acids is 1. The van der Waals surface area contributed by atoms with E-state index in [-0.39, 0.29) is 11.1 Å². The summed E-state index contributed by atoms with van der Waals surface area (Å²) in [6.07, 6.45) is 0. The minimum Gasteiger partial charge on any atom is -0.497 e. The second-order valence-corrected chi connectivity index (χ2v) is 5.90. The van der Waals surface area contributed by atoms with Crippen molar-refractivity contribution in [2.24, 2.45) is 0 Å². The summed E-state index contributed by atoms with van der Waals surface area (Å²) in [5.41, 5.74) is 0.668. The van der Waals surface area contributed by atoms with Crippen LogP contribution in [0.4, 0.5) is 0 Å². The molecule has 0 spiro atoms. The molecule has 0 aliphatic carbocycles. The van der Waals surface area contributed by atoms with E-state index >= 15 is 0 Å². The van der Waals surface area contributed by atoms with Crippen molar-refractivity contribution >= 4 is 5.97 Å².